The van der Waals surface area contributed by atoms with E-state index in [1.54, 1.807) is 31.4 Å². The molecule has 1 saturated carbocycles. The predicted octanol–water partition coefficient (Wildman–Crippen LogP) is 3.12. The van der Waals surface area contributed by atoms with Gasteiger partial charge in [0.15, 0.2) is 9.84 Å². The molecule has 26 heavy (non-hydrogen) atoms. The summed E-state index contributed by atoms with van der Waals surface area (Å²) in [7, 11) is -1.46. The summed E-state index contributed by atoms with van der Waals surface area (Å²) in [5.41, 5.74) is 2.27. The van der Waals surface area contributed by atoms with E-state index in [9.17, 15) is 13.2 Å². The average molecular weight is 373 g/mol. The van der Waals surface area contributed by atoms with Crippen LogP contribution in [0.4, 0.5) is 0 Å². The lowest BCUT2D eigenvalue weighted by Crippen LogP contribution is -2.29. The van der Waals surface area contributed by atoms with Gasteiger partial charge in [0.1, 0.15) is 5.75 Å². The van der Waals surface area contributed by atoms with Gasteiger partial charge in [0.05, 0.1) is 18.9 Å². The number of carbonyl (C=O) groups is 1. The van der Waals surface area contributed by atoms with E-state index < -0.39 is 9.84 Å². The Morgan fingerprint density at radius 3 is 2.23 bits per heavy atom. The zero-order chi connectivity index (χ0) is 18.7. The Balaban J connectivity index is 1.71. The summed E-state index contributed by atoms with van der Waals surface area (Å²) in [6.45, 7) is 0. The smallest absolute Gasteiger partial charge is 0.251 e. The summed E-state index contributed by atoms with van der Waals surface area (Å²) in [5, 5.41) is 3.12. The van der Waals surface area contributed by atoms with Crippen molar-refractivity contribution in [1.29, 1.82) is 0 Å². The number of methoxy groups -OCH3 is 1. The van der Waals surface area contributed by atoms with Crippen LogP contribution in [-0.4, -0.2) is 27.7 Å². The molecule has 6 heteroatoms. The quantitative estimate of drug-likeness (QED) is 0.809. The maximum atomic E-state index is 12.6. The van der Waals surface area contributed by atoms with Gasteiger partial charge >= 0.3 is 0 Å². The topological polar surface area (TPSA) is 72.5 Å². The lowest BCUT2D eigenvalue weighted by atomic mass is 10.0. The molecule has 0 spiro atoms. The van der Waals surface area contributed by atoms with Gasteiger partial charge in [0.25, 0.3) is 5.91 Å². The number of sulfone groups is 1. The molecule has 2 aromatic rings. The van der Waals surface area contributed by atoms with Crippen molar-refractivity contribution in [2.45, 2.75) is 24.6 Å². The molecule has 1 aliphatic carbocycles. The second-order valence-electron chi connectivity index (χ2n) is 6.83. The van der Waals surface area contributed by atoms with Crippen molar-refractivity contribution in [3.05, 3.63) is 65.2 Å². The molecule has 0 heterocycles. The lowest BCUT2D eigenvalue weighted by molar-refractivity contribution is 0.0931. The van der Waals surface area contributed by atoms with E-state index in [0.29, 0.717) is 17.0 Å². The molecule has 138 valence electrons. The Labute approximate surface area is 154 Å². The molecular weight excluding hydrogens is 350 g/mol. The van der Waals surface area contributed by atoms with Crippen LogP contribution in [0.2, 0.25) is 0 Å². The van der Waals surface area contributed by atoms with Gasteiger partial charge in [-0.1, -0.05) is 24.3 Å². The molecule has 0 aromatic heterocycles. The number of nitrogens with one attached hydrogen (secondary N) is 1. The lowest BCUT2D eigenvalue weighted by Gasteiger charge is -2.19. The fourth-order valence-electron chi connectivity index (χ4n) is 2.99. The van der Waals surface area contributed by atoms with Gasteiger partial charge in [-0.15, -0.1) is 0 Å². The summed E-state index contributed by atoms with van der Waals surface area (Å²) in [5.74, 6) is 1.07. The van der Waals surface area contributed by atoms with Crippen molar-refractivity contribution in [2.75, 3.05) is 13.4 Å². The van der Waals surface area contributed by atoms with Gasteiger partial charge in [0.2, 0.25) is 0 Å². The number of hydrogen-bond donors (Lipinski definition) is 1. The van der Waals surface area contributed by atoms with E-state index >= 15 is 0 Å². The third-order valence-electron chi connectivity index (χ3n) is 4.50. The SMILES string of the molecule is COc1ccc(C(NC(=O)c2ccc(CS(C)(=O)=O)cc2)C2CC2)cc1. The maximum Gasteiger partial charge on any atom is 0.251 e. The van der Waals surface area contributed by atoms with Gasteiger partial charge in [-0.05, 0) is 54.2 Å². The van der Waals surface area contributed by atoms with Crippen LogP contribution in [-0.2, 0) is 15.6 Å². The monoisotopic (exact) mass is 373 g/mol. The Kier molecular flexibility index (Phi) is 5.32. The highest BCUT2D eigenvalue weighted by atomic mass is 32.2. The third kappa shape index (κ3) is 4.85. The Bertz CT molecular complexity index is 869. The molecule has 1 aliphatic rings. The highest BCUT2D eigenvalue weighted by Crippen LogP contribution is 2.41. The van der Waals surface area contributed by atoms with Gasteiger partial charge in [-0.3, -0.25) is 4.79 Å². The van der Waals surface area contributed by atoms with Crippen molar-refractivity contribution in [2.24, 2.45) is 5.92 Å². The minimum Gasteiger partial charge on any atom is -0.497 e. The van der Waals surface area contributed by atoms with E-state index in [2.05, 4.69) is 5.32 Å². The van der Waals surface area contributed by atoms with Crippen LogP contribution in [0.25, 0.3) is 0 Å². The molecule has 1 fully saturated rings. The van der Waals surface area contributed by atoms with Crippen LogP contribution in [0.1, 0.15) is 40.4 Å². The fraction of sp³-hybridized carbons (Fsp3) is 0.350. The van der Waals surface area contributed by atoms with Gasteiger partial charge in [0, 0.05) is 11.8 Å². The number of carbonyl (C=O) groups excluding carboxylic acids is 1. The number of rotatable bonds is 7. The summed E-state index contributed by atoms with van der Waals surface area (Å²) >= 11 is 0. The minimum absolute atomic E-state index is 0.0224. The molecule has 0 bridgehead atoms. The molecule has 0 aliphatic heterocycles. The fourth-order valence-corrected chi connectivity index (χ4v) is 3.79. The average Bonchev–Trinajstić information content (AvgIpc) is 3.44. The molecule has 0 saturated heterocycles. The Morgan fingerprint density at radius 2 is 1.73 bits per heavy atom. The number of benzene rings is 2. The first-order valence-corrected chi connectivity index (χ1v) is 10.6. The molecule has 1 unspecified atom stereocenters. The van der Waals surface area contributed by atoms with Crippen LogP contribution in [0.15, 0.2) is 48.5 Å². The number of hydrogen-bond acceptors (Lipinski definition) is 4. The standard InChI is InChI=1S/C20H23NO4S/c1-25-18-11-9-16(10-12-18)19(15-7-8-15)21-20(22)17-5-3-14(4-6-17)13-26(2,23)24/h3-6,9-12,15,19H,7-8,13H2,1-2H3,(H,21,22). The molecule has 2 aromatic carbocycles. The zero-order valence-electron chi connectivity index (χ0n) is 14.9. The second kappa shape index (κ2) is 7.50. The molecule has 0 radical (unpaired) electrons. The molecule has 1 atom stereocenters. The first kappa shape index (κ1) is 18.5. The first-order valence-electron chi connectivity index (χ1n) is 8.57. The molecular formula is C20H23NO4S. The van der Waals surface area contributed by atoms with Crippen LogP contribution in [0.5, 0.6) is 5.75 Å². The van der Waals surface area contributed by atoms with Gasteiger partial charge in [-0.2, -0.15) is 0 Å². The minimum atomic E-state index is -3.08. The first-order chi connectivity index (χ1) is 12.4. The molecule has 5 nitrogen and oxygen atoms in total. The summed E-state index contributed by atoms with van der Waals surface area (Å²) < 4.78 is 27.9. The van der Waals surface area contributed by atoms with E-state index in [1.807, 2.05) is 24.3 Å². The van der Waals surface area contributed by atoms with E-state index in [0.717, 1.165) is 24.2 Å². The predicted molar refractivity (Wildman–Crippen MR) is 101 cm³/mol. The molecule has 3 rings (SSSR count). The van der Waals surface area contributed by atoms with Gasteiger partial charge < -0.3 is 10.1 Å². The summed E-state index contributed by atoms with van der Waals surface area (Å²) in [4.78, 5) is 12.6. The highest BCUT2D eigenvalue weighted by Gasteiger charge is 2.33. The maximum absolute atomic E-state index is 12.6. The summed E-state index contributed by atoms with van der Waals surface area (Å²) in [6, 6.07) is 14.5. The van der Waals surface area contributed by atoms with Crippen molar-refractivity contribution >= 4 is 15.7 Å². The van der Waals surface area contributed by atoms with Crippen molar-refractivity contribution < 1.29 is 17.9 Å². The molecule has 1 N–H and O–H groups in total. The van der Waals surface area contributed by atoms with Crippen molar-refractivity contribution in [3.8, 4) is 5.75 Å². The Morgan fingerprint density at radius 1 is 1.12 bits per heavy atom. The van der Waals surface area contributed by atoms with Crippen LogP contribution in [0, 0.1) is 5.92 Å². The van der Waals surface area contributed by atoms with Crippen LogP contribution in [0.3, 0.4) is 0 Å². The van der Waals surface area contributed by atoms with Crippen molar-refractivity contribution in [1.82, 2.24) is 5.32 Å². The molecule has 1 amide bonds. The van der Waals surface area contributed by atoms with E-state index in [-0.39, 0.29) is 17.7 Å². The summed E-state index contributed by atoms with van der Waals surface area (Å²) in [6.07, 6.45) is 3.40. The van der Waals surface area contributed by atoms with Crippen LogP contribution < -0.4 is 10.1 Å². The Hall–Kier alpha value is -2.34. The van der Waals surface area contributed by atoms with Crippen molar-refractivity contribution in [3.63, 3.8) is 0 Å². The second-order valence-corrected chi connectivity index (χ2v) is 8.97. The van der Waals surface area contributed by atoms with Crippen LogP contribution >= 0.6 is 0 Å². The number of ether oxygens (including phenoxy) is 1. The van der Waals surface area contributed by atoms with E-state index in [1.165, 1.54) is 6.26 Å². The van der Waals surface area contributed by atoms with E-state index in [4.69, 9.17) is 4.74 Å². The highest BCUT2D eigenvalue weighted by molar-refractivity contribution is 7.89. The largest absolute Gasteiger partial charge is 0.497 e. The van der Waals surface area contributed by atoms with Gasteiger partial charge in [-0.25, -0.2) is 8.42 Å². The normalized spacial score (nSPS) is 15.3. The zero-order valence-corrected chi connectivity index (χ0v) is 15.8. The third-order valence-corrected chi connectivity index (χ3v) is 5.36. The number of amides is 1.